The van der Waals surface area contributed by atoms with Crippen LogP contribution in [0.5, 0.6) is 0 Å². The molecular weight excluding hydrogens is 124 g/mol. The van der Waals surface area contributed by atoms with Gasteiger partial charge < -0.3 is 4.74 Å². The number of allylic oxidation sites excluding steroid dienone is 4. The summed E-state index contributed by atoms with van der Waals surface area (Å²) in [5.74, 6) is 0.713. The van der Waals surface area contributed by atoms with Crippen LogP contribution in [0.4, 0.5) is 0 Å². The summed E-state index contributed by atoms with van der Waals surface area (Å²) in [6, 6.07) is 0. The highest BCUT2D eigenvalue weighted by Crippen LogP contribution is 2.14. The van der Waals surface area contributed by atoms with Crippen LogP contribution in [-0.2, 0) is 4.74 Å². The molecule has 0 amide bonds. The van der Waals surface area contributed by atoms with Crippen molar-refractivity contribution in [1.29, 1.82) is 0 Å². The van der Waals surface area contributed by atoms with E-state index < -0.39 is 0 Å². The Morgan fingerprint density at radius 1 is 1.50 bits per heavy atom. The molecule has 56 valence electrons. The fraction of sp³-hybridized carbons (Fsp3) is 0.556. The molecule has 1 aliphatic rings. The molecule has 0 bridgehead atoms. The van der Waals surface area contributed by atoms with Gasteiger partial charge in [0.2, 0.25) is 0 Å². The first-order valence-electron chi connectivity index (χ1n) is 3.76. The predicted octanol–water partition coefficient (Wildman–Crippen LogP) is 2.16. The van der Waals surface area contributed by atoms with Crippen LogP contribution < -0.4 is 0 Å². The normalized spacial score (nSPS) is 23.5. The smallest absolute Gasteiger partial charge is 0.0467 e. The number of rotatable bonds is 3. The quantitative estimate of drug-likeness (QED) is 0.580. The zero-order valence-corrected chi connectivity index (χ0v) is 6.42. The van der Waals surface area contributed by atoms with Gasteiger partial charge in [-0.15, -0.1) is 0 Å². The molecule has 0 aromatic heterocycles. The van der Waals surface area contributed by atoms with Gasteiger partial charge in [-0.2, -0.15) is 0 Å². The molecule has 0 aromatic carbocycles. The van der Waals surface area contributed by atoms with Crippen LogP contribution in [0, 0.1) is 5.92 Å². The summed E-state index contributed by atoms with van der Waals surface area (Å²) >= 11 is 0. The van der Waals surface area contributed by atoms with Crippen LogP contribution in [-0.4, -0.2) is 13.7 Å². The third kappa shape index (κ3) is 2.36. The lowest BCUT2D eigenvalue weighted by Gasteiger charge is -2.10. The first-order chi connectivity index (χ1) is 4.93. The molecule has 1 rings (SSSR count). The minimum atomic E-state index is 0.713. The number of methoxy groups -OCH3 is 1. The maximum atomic E-state index is 4.99. The fourth-order valence-electron chi connectivity index (χ4n) is 1.12. The van der Waals surface area contributed by atoms with Gasteiger partial charge in [-0.1, -0.05) is 24.3 Å². The molecule has 1 aliphatic carbocycles. The SMILES string of the molecule is COCCC1C=CC=CC1. The van der Waals surface area contributed by atoms with Gasteiger partial charge in [0.25, 0.3) is 0 Å². The topological polar surface area (TPSA) is 9.23 Å². The first-order valence-corrected chi connectivity index (χ1v) is 3.76. The van der Waals surface area contributed by atoms with E-state index >= 15 is 0 Å². The second kappa shape index (κ2) is 4.29. The average molecular weight is 138 g/mol. The van der Waals surface area contributed by atoms with Crippen LogP contribution in [0.15, 0.2) is 24.3 Å². The fourth-order valence-corrected chi connectivity index (χ4v) is 1.12. The van der Waals surface area contributed by atoms with E-state index in [9.17, 15) is 0 Å². The van der Waals surface area contributed by atoms with E-state index in [-0.39, 0.29) is 0 Å². The molecule has 0 spiro atoms. The lowest BCUT2D eigenvalue weighted by Crippen LogP contribution is -2.01. The second-order valence-electron chi connectivity index (χ2n) is 2.59. The summed E-state index contributed by atoms with van der Waals surface area (Å²) < 4.78 is 4.99. The molecular formula is C9H14O. The summed E-state index contributed by atoms with van der Waals surface area (Å²) in [5.41, 5.74) is 0. The van der Waals surface area contributed by atoms with Crippen LogP contribution in [0.1, 0.15) is 12.8 Å². The second-order valence-corrected chi connectivity index (χ2v) is 2.59. The lowest BCUT2D eigenvalue weighted by molar-refractivity contribution is 0.184. The Balaban J connectivity index is 2.17. The van der Waals surface area contributed by atoms with E-state index in [2.05, 4.69) is 24.3 Å². The summed E-state index contributed by atoms with van der Waals surface area (Å²) in [4.78, 5) is 0. The van der Waals surface area contributed by atoms with Gasteiger partial charge in [0.15, 0.2) is 0 Å². The Morgan fingerprint density at radius 3 is 3.00 bits per heavy atom. The molecule has 0 aromatic rings. The van der Waals surface area contributed by atoms with Gasteiger partial charge in [0, 0.05) is 13.7 Å². The molecule has 0 N–H and O–H groups in total. The van der Waals surface area contributed by atoms with Gasteiger partial charge in [0.1, 0.15) is 0 Å². The Bertz CT molecular complexity index is 136. The largest absolute Gasteiger partial charge is 0.385 e. The zero-order valence-electron chi connectivity index (χ0n) is 6.42. The van der Waals surface area contributed by atoms with Crippen LogP contribution >= 0.6 is 0 Å². The Morgan fingerprint density at radius 2 is 2.40 bits per heavy atom. The minimum absolute atomic E-state index is 0.713. The van der Waals surface area contributed by atoms with Crippen molar-refractivity contribution in [2.75, 3.05) is 13.7 Å². The van der Waals surface area contributed by atoms with Crippen LogP contribution in [0.3, 0.4) is 0 Å². The van der Waals surface area contributed by atoms with Crippen molar-refractivity contribution in [3.05, 3.63) is 24.3 Å². The highest BCUT2D eigenvalue weighted by molar-refractivity contribution is 5.10. The predicted molar refractivity (Wildman–Crippen MR) is 42.9 cm³/mol. The van der Waals surface area contributed by atoms with Gasteiger partial charge in [-0.3, -0.25) is 0 Å². The molecule has 0 saturated carbocycles. The van der Waals surface area contributed by atoms with E-state index in [1.807, 2.05) is 0 Å². The van der Waals surface area contributed by atoms with E-state index in [4.69, 9.17) is 4.74 Å². The zero-order chi connectivity index (χ0) is 7.23. The molecule has 0 aliphatic heterocycles. The molecule has 1 heteroatoms. The van der Waals surface area contributed by atoms with Crippen LogP contribution in [0.25, 0.3) is 0 Å². The van der Waals surface area contributed by atoms with Crippen molar-refractivity contribution < 1.29 is 4.74 Å². The van der Waals surface area contributed by atoms with Crippen molar-refractivity contribution >= 4 is 0 Å². The molecule has 0 fully saturated rings. The van der Waals surface area contributed by atoms with E-state index in [0.29, 0.717) is 5.92 Å². The van der Waals surface area contributed by atoms with Crippen LogP contribution in [0.2, 0.25) is 0 Å². The Labute approximate surface area is 62.4 Å². The monoisotopic (exact) mass is 138 g/mol. The average Bonchev–Trinajstić information content (AvgIpc) is 2.03. The summed E-state index contributed by atoms with van der Waals surface area (Å²) in [5, 5.41) is 0. The van der Waals surface area contributed by atoms with Crippen molar-refractivity contribution in [2.24, 2.45) is 5.92 Å². The highest BCUT2D eigenvalue weighted by Gasteiger charge is 2.03. The summed E-state index contributed by atoms with van der Waals surface area (Å²) in [7, 11) is 1.75. The molecule has 1 unspecified atom stereocenters. The van der Waals surface area contributed by atoms with Crippen molar-refractivity contribution in [1.82, 2.24) is 0 Å². The minimum Gasteiger partial charge on any atom is -0.385 e. The lowest BCUT2D eigenvalue weighted by atomic mass is 9.98. The maximum Gasteiger partial charge on any atom is 0.0467 e. The molecule has 1 atom stereocenters. The van der Waals surface area contributed by atoms with Crippen molar-refractivity contribution in [2.45, 2.75) is 12.8 Å². The molecule has 0 saturated heterocycles. The third-order valence-electron chi connectivity index (χ3n) is 1.76. The number of ether oxygens (including phenoxy) is 1. The molecule has 0 heterocycles. The van der Waals surface area contributed by atoms with Crippen molar-refractivity contribution in [3.8, 4) is 0 Å². The number of hydrogen-bond acceptors (Lipinski definition) is 1. The van der Waals surface area contributed by atoms with Gasteiger partial charge in [0.05, 0.1) is 0 Å². The van der Waals surface area contributed by atoms with Gasteiger partial charge in [-0.05, 0) is 18.8 Å². The van der Waals surface area contributed by atoms with Crippen molar-refractivity contribution in [3.63, 3.8) is 0 Å². The number of hydrogen-bond donors (Lipinski definition) is 0. The Hall–Kier alpha value is -0.560. The van der Waals surface area contributed by atoms with Gasteiger partial charge in [-0.25, -0.2) is 0 Å². The molecule has 10 heavy (non-hydrogen) atoms. The highest BCUT2D eigenvalue weighted by atomic mass is 16.5. The van der Waals surface area contributed by atoms with E-state index in [0.717, 1.165) is 13.0 Å². The maximum absolute atomic E-state index is 4.99. The molecule has 0 radical (unpaired) electrons. The van der Waals surface area contributed by atoms with E-state index in [1.165, 1.54) is 6.42 Å². The summed E-state index contributed by atoms with van der Waals surface area (Å²) in [6.07, 6.45) is 11.0. The third-order valence-corrected chi connectivity index (χ3v) is 1.76. The summed E-state index contributed by atoms with van der Waals surface area (Å²) in [6.45, 7) is 0.878. The van der Waals surface area contributed by atoms with Gasteiger partial charge >= 0.3 is 0 Å². The van der Waals surface area contributed by atoms with E-state index in [1.54, 1.807) is 7.11 Å². The standard InChI is InChI=1S/C9H14O/c1-10-8-7-9-5-3-2-4-6-9/h2-5,9H,6-8H2,1H3. The Kier molecular flexibility index (Phi) is 3.23. The first kappa shape index (κ1) is 7.55. The molecule has 1 nitrogen and oxygen atoms in total.